The van der Waals surface area contributed by atoms with Crippen LogP contribution in [0.15, 0.2) is 39.8 Å². The summed E-state index contributed by atoms with van der Waals surface area (Å²) in [5, 5.41) is 11.6. The van der Waals surface area contributed by atoms with Crippen LogP contribution in [0.3, 0.4) is 0 Å². The third-order valence-corrected chi connectivity index (χ3v) is 4.38. The van der Waals surface area contributed by atoms with E-state index in [0.29, 0.717) is 17.7 Å². The van der Waals surface area contributed by atoms with Crippen molar-refractivity contribution in [1.82, 2.24) is 5.32 Å². The van der Waals surface area contributed by atoms with E-state index < -0.39 is 5.97 Å². The molecule has 0 atom stereocenters. The van der Waals surface area contributed by atoms with Gasteiger partial charge in [-0.3, -0.25) is 9.59 Å². The van der Waals surface area contributed by atoms with Crippen LogP contribution in [0.25, 0.3) is 0 Å². The summed E-state index contributed by atoms with van der Waals surface area (Å²) in [4.78, 5) is 23.9. The van der Waals surface area contributed by atoms with Gasteiger partial charge in [-0.25, -0.2) is 4.39 Å². The van der Waals surface area contributed by atoms with Crippen LogP contribution in [0.1, 0.15) is 28.1 Å². The predicted molar refractivity (Wildman–Crippen MR) is 88.9 cm³/mol. The van der Waals surface area contributed by atoms with Crippen molar-refractivity contribution in [2.75, 3.05) is 12.3 Å². The van der Waals surface area contributed by atoms with Crippen molar-refractivity contribution in [3.8, 4) is 0 Å². The van der Waals surface area contributed by atoms with E-state index in [1.165, 1.54) is 18.4 Å². The number of nitrogens with one attached hydrogen (secondary N) is 1. The van der Waals surface area contributed by atoms with Crippen LogP contribution in [0.4, 0.5) is 4.39 Å². The second-order valence-electron chi connectivity index (χ2n) is 5.20. The summed E-state index contributed by atoms with van der Waals surface area (Å²) in [7, 11) is 0. The number of furan rings is 1. The van der Waals surface area contributed by atoms with Gasteiger partial charge < -0.3 is 14.8 Å². The van der Waals surface area contributed by atoms with Crippen molar-refractivity contribution in [3.05, 3.63) is 53.2 Å². The number of carboxylic acids is 1. The molecule has 24 heavy (non-hydrogen) atoms. The maximum Gasteiger partial charge on any atom is 0.311 e. The molecule has 1 amide bonds. The summed E-state index contributed by atoms with van der Waals surface area (Å²) < 4.78 is 17.9. The van der Waals surface area contributed by atoms with Crippen molar-refractivity contribution < 1.29 is 23.5 Å². The zero-order valence-electron chi connectivity index (χ0n) is 13.2. The lowest BCUT2D eigenvalue weighted by Crippen LogP contribution is -2.26. The Morgan fingerprint density at radius 2 is 2.00 bits per heavy atom. The first kappa shape index (κ1) is 18.1. The fourth-order valence-electron chi connectivity index (χ4n) is 2.15. The highest BCUT2D eigenvalue weighted by atomic mass is 32.2. The number of amides is 1. The van der Waals surface area contributed by atoms with Gasteiger partial charge in [0.2, 0.25) is 0 Å². The predicted octanol–water partition coefficient (Wildman–Crippen LogP) is 3.27. The molecule has 1 heterocycles. The molecule has 0 aliphatic carbocycles. The number of carbonyl (C=O) groups is 2. The number of aliphatic carboxylic acids is 1. The van der Waals surface area contributed by atoms with E-state index in [2.05, 4.69) is 5.32 Å². The highest BCUT2D eigenvalue weighted by Crippen LogP contribution is 2.19. The van der Waals surface area contributed by atoms with E-state index in [1.54, 1.807) is 30.8 Å². The molecule has 0 saturated heterocycles. The maximum atomic E-state index is 12.8. The largest absolute Gasteiger partial charge is 0.481 e. The summed E-state index contributed by atoms with van der Waals surface area (Å²) in [5.74, 6) is -0.700. The molecule has 2 rings (SSSR count). The third-order valence-electron chi connectivity index (χ3n) is 3.28. The smallest absolute Gasteiger partial charge is 0.311 e. The Hall–Kier alpha value is -2.28. The number of thioether (sulfide) groups is 1. The summed E-state index contributed by atoms with van der Waals surface area (Å²) in [6.07, 6.45) is 1.80. The minimum atomic E-state index is -1.05. The number of benzene rings is 1. The van der Waals surface area contributed by atoms with Gasteiger partial charge in [-0.05, 0) is 43.4 Å². The fourth-order valence-corrected chi connectivity index (χ4v) is 3.01. The lowest BCUT2D eigenvalue weighted by atomic mass is 10.1. The highest BCUT2D eigenvalue weighted by Gasteiger charge is 2.20. The van der Waals surface area contributed by atoms with Crippen LogP contribution in [0.2, 0.25) is 0 Å². The Kier molecular flexibility index (Phi) is 6.43. The number of carbonyl (C=O) groups excluding carboxylic acids is 1. The van der Waals surface area contributed by atoms with Crippen molar-refractivity contribution in [1.29, 1.82) is 0 Å². The summed E-state index contributed by atoms with van der Waals surface area (Å²) in [6.45, 7) is 2.16. The molecular formula is C17H18FNO4S. The van der Waals surface area contributed by atoms with Gasteiger partial charge in [0.25, 0.3) is 5.91 Å². The Bertz CT molecular complexity index is 712. The standard InChI is InChI=1S/C17H18FNO4S/c1-11-10-23-14(9-15(20)21)16(11)17(22)19-7-2-8-24-13-5-3-12(18)4-6-13/h3-6,10H,2,7-9H2,1H3,(H,19,22)(H,20,21). The van der Waals surface area contributed by atoms with Crippen molar-refractivity contribution in [3.63, 3.8) is 0 Å². The van der Waals surface area contributed by atoms with Gasteiger partial charge in [-0.1, -0.05) is 0 Å². The average Bonchev–Trinajstić information content (AvgIpc) is 2.88. The number of rotatable bonds is 8. The highest BCUT2D eigenvalue weighted by molar-refractivity contribution is 7.99. The molecule has 0 radical (unpaired) electrons. The monoisotopic (exact) mass is 351 g/mol. The third kappa shape index (κ3) is 5.13. The molecule has 0 unspecified atom stereocenters. The number of aryl methyl sites for hydroxylation is 1. The Morgan fingerprint density at radius 3 is 2.67 bits per heavy atom. The van der Waals surface area contributed by atoms with E-state index in [0.717, 1.165) is 17.1 Å². The summed E-state index contributed by atoms with van der Waals surface area (Å²) >= 11 is 1.58. The molecule has 2 N–H and O–H groups in total. The minimum Gasteiger partial charge on any atom is -0.481 e. The Morgan fingerprint density at radius 1 is 1.29 bits per heavy atom. The molecule has 0 aliphatic heterocycles. The van der Waals surface area contributed by atoms with Crippen molar-refractivity contribution in [2.24, 2.45) is 0 Å². The van der Waals surface area contributed by atoms with E-state index in [-0.39, 0.29) is 23.9 Å². The van der Waals surface area contributed by atoms with Gasteiger partial charge in [0.1, 0.15) is 18.0 Å². The zero-order valence-corrected chi connectivity index (χ0v) is 14.0. The Balaban J connectivity index is 1.78. The van der Waals surface area contributed by atoms with Gasteiger partial charge in [-0.2, -0.15) is 0 Å². The Labute approximate surface area is 143 Å². The van der Waals surface area contributed by atoms with Gasteiger partial charge in [0.05, 0.1) is 11.8 Å². The molecule has 7 heteroatoms. The molecule has 0 saturated carbocycles. The lowest BCUT2D eigenvalue weighted by molar-refractivity contribution is -0.136. The van der Waals surface area contributed by atoms with Crippen LogP contribution in [-0.2, 0) is 11.2 Å². The molecule has 2 aromatic rings. The minimum absolute atomic E-state index is 0.165. The van der Waals surface area contributed by atoms with Gasteiger partial charge >= 0.3 is 5.97 Å². The van der Waals surface area contributed by atoms with Crippen molar-refractivity contribution >= 4 is 23.6 Å². The number of halogens is 1. The van der Waals surface area contributed by atoms with E-state index in [4.69, 9.17) is 9.52 Å². The van der Waals surface area contributed by atoms with Gasteiger partial charge in [0.15, 0.2) is 0 Å². The van der Waals surface area contributed by atoms with Gasteiger partial charge in [0, 0.05) is 17.0 Å². The molecule has 1 aromatic carbocycles. The van der Waals surface area contributed by atoms with E-state index >= 15 is 0 Å². The van der Waals surface area contributed by atoms with E-state index in [1.807, 2.05) is 0 Å². The van der Waals surface area contributed by atoms with Crippen LogP contribution in [0, 0.1) is 12.7 Å². The SMILES string of the molecule is Cc1coc(CC(=O)O)c1C(=O)NCCCSc1ccc(F)cc1. The fraction of sp³-hybridized carbons (Fsp3) is 0.294. The first-order chi connectivity index (χ1) is 11.5. The topological polar surface area (TPSA) is 79.5 Å². The normalized spacial score (nSPS) is 10.6. The molecule has 128 valence electrons. The second-order valence-corrected chi connectivity index (χ2v) is 6.37. The zero-order chi connectivity index (χ0) is 17.5. The quantitative estimate of drug-likeness (QED) is 0.564. The van der Waals surface area contributed by atoms with E-state index in [9.17, 15) is 14.0 Å². The second kappa shape index (κ2) is 8.54. The molecular weight excluding hydrogens is 333 g/mol. The molecule has 0 bridgehead atoms. The summed E-state index contributed by atoms with van der Waals surface area (Å²) in [6, 6.07) is 6.25. The number of carboxylic acid groups (broad SMARTS) is 1. The molecule has 0 fully saturated rings. The molecule has 0 spiro atoms. The first-order valence-electron chi connectivity index (χ1n) is 7.42. The van der Waals surface area contributed by atoms with Crippen LogP contribution in [-0.4, -0.2) is 29.3 Å². The summed E-state index contributed by atoms with van der Waals surface area (Å²) in [5.41, 5.74) is 0.910. The van der Waals surface area contributed by atoms with Crippen LogP contribution < -0.4 is 5.32 Å². The van der Waals surface area contributed by atoms with Crippen LogP contribution >= 0.6 is 11.8 Å². The van der Waals surface area contributed by atoms with Crippen LogP contribution in [0.5, 0.6) is 0 Å². The average molecular weight is 351 g/mol. The van der Waals surface area contributed by atoms with Crippen molar-refractivity contribution in [2.45, 2.75) is 24.7 Å². The molecule has 1 aromatic heterocycles. The molecule has 0 aliphatic rings. The number of hydrogen-bond donors (Lipinski definition) is 2. The molecule has 5 nitrogen and oxygen atoms in total. The lowest BCUT2D eigenvalue weighted by Gasteiger charge is -2.06. The number of hydrogen-bond acceptors (Lipinski definition) is 4. The maximum absolute atomic E-state index is 12.8. The first-order valence-corrected chi connectivity index (χ1v) is 8.41. The van der Waals surface area contributed by atoms with Gasteiger partial charge in [-0.15, -0.1) is 11.8 Å².